The van der Waals surface area contributed by atoms with Crippen LogP contribution in [0, 0.1) is 5.92 Å². The summed E-state index contributed by atoms with van der Waals surface area (Å²) in [6.07, 6.45) is -4.54. The first-order valence-electron chi connectivity index (χ1n) is 4.91. The molecule has 0 saturated carbocycles. The molecule has 0 spiro atoms. The summed E-state index contributed by atoms with van der Waals surface area (Å²) in [6, 6.07) is 0. The summed E-state index contributed by atoms with van der Waals surface area (Å²) < 4.78 is 35.2. The van der Waals surface area contributed by atoms with Crippen molar-refractivity contribution in [2.75, 3.05) is 13.1 Å². The molecule has 0 fully saturated rings. The van der Waals surface area contributed by atoms with Crippen molar-refractivity contribution in [1.29, 1.82) is 0 Å². The number of nitrogens with one attached hydrogen (secondary N) is 1. The fourth-order valence-electron chi connectivity index (χ4n) is 1.06. The van der Waals surface area contributed by atoms with Gasteiger partial charge in [-0.1, -0.05) is 6.92 Å². The molecule has 0 bridgehead atoms. The van der Waals surface area contributed by atoms with E-state index in [4.69, 9.17) is 5.73 Å². The molecule has 1 atom stereocenters. The SMILES string of the molecule is CC(CCN)C(=O)NCCCC(F)(F)F. The maximum atomic E-state index is 11.7. The Morgan fingerprint density at radius 3 is 2.53 bits per heavy atom. The van der Waals surface area contributed by atoms with Gasteiger partial charge in [0.25, 0.3) is 0 Å². The van der Waals surface area contributed by atoms with Gasteiger partial charge in [-0.2, -0.15) is 13.2 Å². The number of amides is 1. The van der Waals surface area contributed by atoms with E-state index in [0.717, 1.165) is 0 Å². The van der Waals surface area contributed by atoms with Gasteiger partial charge in [0.1, 0.15) is 0 Å². The summed E-state index contributed by atoms with van der Waals surface area (Å²) in [6.45, 7) is 2.16. The highest BCUT2D eigenvalue weighted by Gasteiger charge is 2.26. The first kappa shape index (κ1) is 14.2. The average molecular weight is 226 g/mol. The number of hydrogen-bond donors (Lipinski definition) is 2. The Morgan fingerprint density at radius 2 is 2.07 bits per heavy atom. The standard InChI is InChI=1S/C9H17F3N2O/c1-7(3-5-13)8(15)14-6-2-4-9(10,11)12/h7H,2-6,13H2,1H3,(H,14,15). The molecule has 0 radical (unpaired) electrons. The number of rotatable bonds is 6. The van der Waals surface area contributed by atoms with Crippen LogP contribution in [0.4, 0.5) is 13.2 Å². The van der Waals surface area contributed by atoms with Gasteiger partial charge in [-0.05, 0) is 19.4 Å². The topological polar surface area (TPSA) is 55.1 Å². The highest BCUT2D eigenvalue weighted by atomic mass is 19.4. The molecule has 3 N–H and O–H groups in total. The Balaban J connectivity index is 3.55. The average Bonchev–Trinajstić information content (AvgIpc) is 2.11. The van der Waals surface area contributed by atoms with Gasteiger partial charge in [-0.15, -0.1) is 0 Å². The van der Waals surface area contributed by atoms with Crippen LogP contribution in [0.25, 0.3) is 0 Å². The third kappa shape index (κ3) is 8.23. The Bertz CT molecular complexity index is 194. The monoisotopic (exact) mass is 226 g/mol. The van der Waals surface area contributed by atoms with E-state index >= 15 is 0 Å². The zero-order valence-corrected chi connectivity index (χ0v) is 8.73. The summed E-state index contributed by atoms with van der Waals surface area (Å²) >= 11 is 0. The molecular formula is C9H17F3N2O. The lowest BCUT2D eigenvalue weighted by molar-refractivity contribution is -0.136. The van der Waals surface area contributed by atoms with E-state index in [1.165, 1.54) is 0 Å². The van der Waals surface area contributed by atoms with Crippen LogP contribution in [0.1, 0.15) is 26.2 Å². The molecule has 0 saturated heterocycles. The molecule has 0 aromatic rings. The Kier molecular flexibility index (Phi) is 6.31. The van der Waals surface area contributed by atoms with Crippen LogP contribution in [0.2, 0.25) is 0 Å². The lowest BCUT2D eigenvalue weighted by Gasteiger charge is -2.11. The first-order valence-corrected chi connectivity index (χ1v) is 4.91. The number of alkyl halides is 3. The Morgan fingerprint density at radius 1 is 1.47 bits per heavy atom. The minimum Gasteiger partial charge on any atom is -0.356 e. The third-order valence-electron chi connectivity index (χ3n) is 1.98. The van der Waals surface area contributed by atoms with Gasteiger partial charge in [-0.25, -0.2) is 0 Å². The molecule has 0 rings (SSSR count). The van der Waals surface area contributed by atoms with Gasteiger partial charge in [0.2, 0.25) is 5.91 Å². The highest BCUT2D eigenvalue weighted by molar-refractivity contribution is 5.78. The second kappa shape index (κ2) is 6.66. The van der Waals surface area contributed by atoms with E-state index in [2.05, 4.69) is 5.32 Å². The van der Waals surface area contributed by atoms with Crippen LogP contribution in [0.5, 0.6) is 0 Å². The predicted molar refractivity (Wildman–Crippen MR) is 51.1 cm³/mol. The number of hydrogen-bond acceptors (Lipinski definition) is 2. The molecule has 6 heteroatoms. The summed E-state index contributed by atoms with van der Waals surface area (Å²) in [5, 5.41) is 2.45. The largest absolute Gasteiger partial charge is 0.389 e. The van der Waals surface area contributed by atoms with Crippen LogP contribution in [-0.2, 0) is 4.79 Å². The van der Waals surface area contributed by atoms with E-state index in [-0.39, 0.29) is 24.8 Å². The molecule has 0 aromatic heterocycles. The predicted octanol–water partition coefficient (Wildman–Crippen LogP) is 1.43. The van der Waals surface area contributed by atoms with Gasteiger partial charge >= 0.3 is 6.18 Å². The lowest BCUT2D eigenvalue weighted by atomic mass is 10.1. The second-order valence-electron chi connectivity index (χ2n) is 3.49. The molecule has 3 nitrogen and oxygen atoms in total. The maximum Gasteiger partial charge on any atom is 0.389 e. The fraction of sp³-hybridized carbons (Fsp3) is 0.889. The smallest absolute Gasteiger partial charge is 0.356 e. The molecule has 0 heterocycles. The normalized spacial score (nSPS) is 13.7. The number of carbonyl (C=O) groups is 1. The molecule has 90 valence electrons. The van der Waals surface area contributed by atoms with Gasteiger partial charge in [-0.3, -0.25) is 4.79 Å². The van der Waals surface area contributed by atoms with Gasteiger partial charge < -0.3 is 11.1 Å². The first-order chi connectivity index (χ1) is 6.87. The van der Waals surface area contributed by atoms with Crippen molar-refractivity contribution in [2.24, 2.45) is 11.7 Å². The van der Waals surface area contributed by atoms with Crippen molar-refractivity contribution < 1.29 is 18.0 Å². The number of carbonyl (C=O) groups excluding carboxylic acids is 1. The summed E-state index contributed by atoms with van der Waals surface area (Å²) in [5.74, 6) is -0.469. The zero-order valence-electron chi connectivity index (χ0n) is 8.73. The van der Waals surface area contributed by atoms with E-state index in [1.54, 1.807) is 6.92 Å². The van der Waals surface area contributed by atoms with E-state index in [0.29, 0.717) is 13.0 Å². The minimum atomic E-state index is -4.15. The molecule has 15 heavy (non-hydrogen) atoms. The van der Waals surface area contributed by atoms with Crippen LogP contribution < -0.4 is 11.1 Å². The fourth-order valence-corrected chi connectivity index (χ4v) is 1.06. The van der Waals surface area contributed by atoms with Gasteiger partial charge in [0.15, 0.2) is 0 Å². The van der Waals surface area contributed by atoms with Crippen LogP contribution >= 0.6 is 0 Å². The highest BCUT2D eigenvalue weighted by Crippen LogP contribution is 2.20. The molecule has 1 amide bonds. The molecule has 0 aromatic carbocycles. The number of nitrogens with two attached hydrogens (primary N) is 1. The maximum absolute atomic E-state index is 11.7. The molecule has 0 aliphatic rings. The molecule has 0 aliphatic carbocycles. The summed E-state index contributed by atoms with van der Waals surface area (Å²) in [4.78, 5) is 11.2. The van der Waals surface area contributed by atoms with Crippen molar-refractivity contribution in [1.82, 2.24) is 5.32 Å². The molecular weight excluding hydrogens is 209 g/mol. The van der Waals surface area contributed by atoms with E-state index in [1.807, 2.05) is 0 Å². The van der Waals surface area contributed by atoms with Crippen molar-refractivity contribution in [3.63, 3.8) is 0 Å². The summed E-state index contributed by atoms with van der Waals surface area (Å²) in [7, 11) is 0. The third-order valence-corrected chi connectivity index (χ3v) is 1.98. The lowest BCUT2D eigenvalue weighted by Crippen LogP contribution is -2.31. The van der Waals surface area contributed by atoms with Crippen molar-refractivity contribution in [2.45, 2.75) is 32.4 Å². The zero-order chi connectivity index (χ0) is 11.9. The van der Waals surface area contributed by atoms with Crippen molar-refractivity contribution in [3.05, 3.63) is 0 Å². The Labute approximate surface area is 87.2 Å². The summed E-state index contributed by atoms with van der Waals surface area (Å²) in [5.41, 5.74) is 5.25. The molecule has 0 aliphatic heterocycles. The number of halogens is 3. The minimum absolute atomic E-state index is 0.0628. The van der Waals surface area contributed by atoms with Crippen molar-refractivity contribution >= 4 is 5.91 Å². The quantitative estimate of drug-likeness (QED) is 0.673. The van der Waals surface area contributed by atoms with Gasteiger partial charge in [0.05, 0.1) is 0 Å². The Hall–Kier alpha value is -0.780. The van der Waals surface area contributed by atoms with E-state index < -0.39 is 12.6 Å². The van der Waals surface area contributed by atoms with Crippen molar-refractivity contribution in [3.8, 4) is 0 Å². The van der Waals surface area contributed by atoms with Crippen LogP contribution in [0.15, 0.2) is 0 Å². The van der Waals surface area contributed by atoms with Crippen LogP contribution in [-0.4, -0.2) is 25.2 Å². The van der Waals surface area contributed by atoms with Crippen LogP contribution in [0.3, 0.4) is 0 Å². The second-order valence-corrected chi connectivity index (χ2v) is 3.49. The molecule has 1 unspecified atom stereocenters. The van der Waals surface area contributed by atoms with E-state index in [9.17, 15) is 18.0 Å². The van der Waals surface area contributed by atoms with Gasteiger partial charge in [0, 0.05) is 18.9 Å².